The Morgan fingerprint density at radius 1 is 1.22 bits per heavy atom. The zero-order valence-corrected chi connectivity index (χ0v) is 15.7. The number of furan rings is 1. The fourth-order valence-corrected chi connectivity index (χ4v) is 3.17. The number of nitrogens with zero attached hydrogens (tertiary/aromatic N) is 1. The number of aryl methyl sites for hydroxylation is 2. The molecule has 2 N–H and O–H groups in total. The average molecular weight is 369 g/mol. The van der Waals surface area contributed by atoms with Crippen LogP contribution in [0.25, 0.3) is 0 Å². The maximum atomic E-state index is 12.7. The molecule has 0 bridgehead atoms. The Labute approximate surface area is 157 Å². The van der Waals surface area contributed by atoms with Crippen LogP contribution in [0.5, 0.6) is 0 Å². The number of hydrogen-bond acceptors (Lipinski definition) is 5. The molecule has 142 valence electrons. The number of benzene rings is 1. The number of hydrogen-bond donors (Lipinski definition) is 2. The van der Waals surface area contributed by atoms with E-state index in [2.05, 4.69) is 15.8 Å². The van der Waals surface area contributed by atoms with Crippen LogP contribution in [-0.2, 0) is 11.2 Å². The molecular weight excluding hydrogens is 346 g/mol. The van der Waals surface area contributed by atoms with Crippen LogP contribution in [0.3, 0.4) is 0 Å². The van der Waals surface area contributed by atoms with Gasteiger partial charge in [-0.05, 0) is 45.2 Å². The van der Waals surface area contributed by atoms with Crippen molar-refractivity contribution in [3.8, 4) is 0 Å². The molecule has 27 heavy (non-hydrogen) atoms. The molecule has 0 saturated heterocycles. The van der Waals surface area contributed by atoms with Crippen molar-refractivity contribution in [3.05, 3.63) is 52.5 Å². The number of hydrazone groups is 1. The molecule has 7 nitrogen and oxygen atoms in total. The highest BCUT2D eigenvalue weighted by Gasteiger charge is 2.28. The van der Waals surface area contributed by atoms with Gasteiger partial charge in [0.2, 0.25) is 0 Å². The Hall–Kier alpha value is -3.09. The first-order chi connectivity index (χ1) is 13.0. The summed E-state index contributed by atoms with van der Waals surface area (Å²) in [5, 5.41) is 7.07. The smallest absolute Gasteiger partial charge is 0.427 e. The summed E-state index contributed by atoms with van der Waals surface area (Å²) < 4.78 is 10.7. The standard InChI is InChI=1S/C20H23N3O4/c1-4-26-20(25)23-22-15-10-7-11-16-17(15)13(3)18(27-16)19(24)21-14-9-6-5-8-12(14)2/h5-6,8-9H,4,7,10-11H2,1-3H3,(H,21,24)(H,23,25)/b22-15+. The summed E-state index contributed by atoms with van der Waals surface area (Å²) in [4.78, 5) is 24.2. The molecule has 1 aliphatic carbocycles. The summed E-state index contributed by atoms with van der Waals surface area (Å²) in [5.74, 6) is 0.695. The lowest BCUT2D eigenvalue weighted by molar-refractivity contribution is 0.0994. The molecule has 2 aromatic rings. The average Bonchev–Trinajstić information content (AvgIpc) is 3.00. The van der Waals surface area contributed by atoms with Gasteiger partial charge >= 0.3 is 6.09 Å². The predicted molar refractivity (Wildman–Crippen MR) is 102 cm³/mol. The number of rotatable bonds is 4. The number of ether oxygens (including phenoxy) is 1. The molecule has 1 aromatic carbocycles. The van der Waals surface area contributed by atoms with E-state index in [-0.39, 0.29) is 18.3 Å². The Balaban J connectivity index is 1.86. The fourth-order valence-electron chi connectivity index (χ4n) is 3.17. The Morgan fingerprint density at radius 3 is 2.74 bits per heavy atom. The maximum absolute atomic E-state index is 12.7. The van der Waals surface area contributed by atoms with Crippen molar-refractivity contribution in [1.29, 1.82) is 0 Å². The highest BCUT2D eigenvalue weighted by atomic mass is 16.5. The maximum Gasteiger partial charge on any atom is 0.427 e. The third-order valence-electron chi connectivity index (χ3n) is 4.48. The fraction of sp³-hybridized carbons (Fsp3) is 0.350. The highest BCUT2D eigenvalue weighted by molar-refractivity contribution is 6.09. The molecule has 2 amide bonds. The second-order valence-electron chi connectivity index (χ2n) is 6.37. The minimum Gasteiger partial charge on any atom is -0.455 e. The van der Waals surface area contributed by atoms with Crippen LogP contribution in [0.15, 0.2) is 33.8 Å². The van der Waals surface area contributed by atoms with E-state index in [0.29, 0.717) is 12.1 Å². The van der Waals surface area contributed by atoms with Crippen LogP contribution in [-0.4, -0.2) is 24.3 Å². The molecule has 1 heterocycles. The van der Waals surface area contributed by atoms with Crippen molar-refractivity contribution in [2.24, 2.45) is 5.10 Å². The van der Waals surface area contributed by atoms with E-state index in [1.165, 1.54) is 0 Å². The monoisotopic (exact) mass is 369 g/mol. The zero-order chi connectivity index (χ0) is 19.4. The number of carbonyl (C=O) groups is 2. The van der Waals surface area contributed by atoms with Gasteiger partial charge in [-0.15, -0.1) is 0 Å². The first-order valence-electron chi connectivity index (χ1n) is 9.00. The summed E-state index contributed by atoms with van der Waals surface area (Å²) in [6.45, 7) is 5.77. The van der Waals surface area contributed by atoms with Gasteiger partial charge < -0.3 is 14.5 Å². The van der Waals surface area contributed by atoms with E-state index in [9.17, 15) is 9.59 Å². The van der Waals surface area contributed by atoms with E-state index in [0.717, 1.165) is 41.0 Å². The molecule has 0 unspecified atom stereocenters. The third-order valence-corrected chi connectivity index (χ3v) is 4.48. The van der Waals surface area contributed by atoms with Crippen molar-refractivity contribution in [2.75, 3.05) is 11.9 Å². The first kappa shape index (κ1) is 18.7. The molecule has 7 heteroatoms. The molecule has 0 fully saturated rings. The van der Waals surface area contributed by atoms with Crippen molar-refractivity contribution < 1.29 is 18.7 Å². The largest absolute Gasteiger partial charge is 0.455 e. The lowest BCUT2D eigenvalue weighted by Gasteiger charge is -2.13. The number of nitrogens with one attached hydrogen (secondary N) is 2. The Morgan fingerprint density at radius 2 is 2.00 bits per heavy atom. The van der Waals surface area contributed by atoms with Gasteiger partial charge in [-0.1, -0.05) is 18.2 Å². The molecule has 0 radical (unpaired) electrons. The van der Waals surface area contributed by atoms with E-state index < -0.39 is 6.09 Å². The van der Waals surface area contributed by atoms with Crippen LogP contribution < -0.4 is 10.7 Å². The summed E-state index contributed by atoms with van der Waals surface area (Å²) in [5.41, 5.74) is 6.33. The lowest BCUT2D eigenvalue weighted by atomic mass is 9.93. The quantitative estimate of drug-likeness (QED) is 0.799. The van der Waals surface area contributed by atoms with Gasteiger partial charge in [-0.25, -0.2) is 10.2 Å². The second-order valence-corrected chi connectivity index (χ2v) is 6.37. The molecule has 0 saturated carbocycles. The Kier molecular flexibility index (Phi) is 5.59. The zero-order valence-electron chi connectivity index (χ0n) is 15.7. The summed E-state index contributed by atoms with van der Waals surface area (Å²) >= 11 is 0. The van der Waals surface area contributed by atoms with Gasteiger partial charge in [-0.3, -0.25) is 4.79 Å². The van der Waals surface area contributed by atoms with Crippen molar-refractivity contribution in [3.63, 3.8) is 0 Å². The van der Waals surface area contributed by atoms with E-state index in [1.807, 2.05) is 38.1 Å². The predicted octanol–water partition coefficient (Wildman–Crippen LogP) is 3.94. The van der Waals surface area contributed by atoms with Gasteiger partial charge in [0.1, 0.15) is 5.76 Å². The number of carbonyl (C=O) groups excluding carboxylic acids is 2. The van der Waals surface area contributed by atoms with Gasteiger partial charge in [0.05, 0.1) is 12.3 Å². The first-order valence-corrected chi connectivity index (χ1v) is 9.00. The van der Waals surface area contributed by atoms with Gasteiger partial charge in [0.25, 0.3) is 5.91 Å². The summed E-state index contributed by atoms with van der Waals surface area (Å²) in [6.07, 6.45) is 1.66. The van der Waals surface area contributed by atoms with E-state index >= 15 is 0 Å². The molecule has 0 spiro atoms. The van der Waals surface area contributed by atoms with E-state index in [1.54, 1.807) is 6.92 Å². The van der Waals surface area contributed by atoms with Crippen LogP contribution in [0.2, 0.25) is 0 Å². The number of para-hydroxylation sites is 1. The Bertz CT molecular complexity index is 899. The van der Waals surface area contributed by atoms with Crippen LogP contribution in [0.4, 0.5) is 10.5 Å². The molecule has 0 atom stereocenters. The van der Waals surface area contributed by atoms with Crippen molar-refractivity contribution in [1.82, 2.24) is 5.43 Å². The van der Waals surface area contributed by atoms with Crippen LogP contribution >= 0.6 is 0 Å². The summed E-state index contributed by atoms with van der Waals surface area (Å²) in [7, 11) is 0. The highest BCUT2D eigenvalue weighted by Crippen LogP contribution is 2.30. The molecular formula is C20H23N3O4. The number of amides is 2. The summed E-state index contributed by atoms with van der Waals surface area (Å²) in [6, 6.07) is 7.57. The molecule has 1 aliphatic rings. The molecule has 0 aliphatic heterocycles. The minimum absolute atomic E-state index is 0.272. The second kappa shape index (κ2) is 8.07. The third kappa shape index (κ3) is 4.02. The SMILES string of the molecule is CCOC(=O)N/N=C1\CCCc2oc(C(=O)Nc3ccccc3C)c(C)c21. The van der Waals surface area contributed by atoms with Crippen LogP contribution in [0.1, 0.15) is 52.8 Å². The normalized spacial score (nSPS) is 14.6. The minimum atomic E-state index is -0.601. The van der Waals surface area contributed by atoms with E-state index in [4.69, 9.17) is 9.15 Å². The molecule has 3 rings (SSSR count). The molecule has 1 aromatic heterocycles. The number of anilines is 1. The lowest BCUT2D eigenvalue weighted by Crippen LogP contribution is -2.22. The van der Waals surface area contributed by atoms with Crippen LogP contribution in [0, 0.1) is 13.8 Å². The van der Waals surface area contributed by atoms with Gasteiger partial charge in [0, 0.05) is 23.2 Å². The van der Waals surface area contributed by atoms with Crippen molar-refractivity contribution >= 4 is 23.4 Å². The number of fused-ring (bicyclic) bond motifs is 1. The van der Waals surface area contributed by atoms with Crippen molar-refractivity contribution in [2.45, 2.75) is 40.0 Å². The van der Waals surface area contributed by atoms with Gasteiger partial charge in [-0.2, -0.15) is 5.10 Å². The van der Waals surface area contributed by atoms with Gasteiger partial charge in [0.15, 0.2) is 5.76 Å². The topological polar surface area (TPSA) is 92.9 Å².